The Kier molecular flexibility index (Phi) is 56.3. The predicted octanol–water partition coefficient (Wildman–Crippen LogP) is 20.3. The van der Waals surface area contributed by atoms with Crippen LogP contribution in [-0.4, -0.2) is 37.2 Å². The van der Waals surface area contributed by atoms with Crippen molar-refractivity contribution in [1.29, 1.82) is 0 Å². The van der Waals surface area contributed by atoms with E-state index in [-0.39, 0.29) is 31.6 Å². The molecule has 0 aromatic carbocycles. The summed E-state index contributed by atoms with van der Waals surface area (Å²) < 4.78 is 16.8. The van der Waals surface area contributed by atoms with Crippen molar-refractivity contribution in [3.05, 3.63) is 85.1 Å². The van der Waals surface area contributed by atoms with Crippen molar-refractivity contribution in [2.45, 2.75) is 297 Å². The minimum atomic E-state index is -0.822. The fourth-order valence-corrected chi connectivity index (χ4v) is 8.34. The zero-order chi connectivity index (χ0) is 51.4. The smallest absolute Gasteiger partial charge is 0.306 e. The molecule has 0 unspecified atom stereocenters. The average Bonchev–Trinajstić information content (AvgIpc) is 3.37. The Labute approximate surface area is 439 Å². The molecular formula is C65H112O6. The van der Waals surface area contributed by atoms with Crippen LogP contribution in [0.1, 0.15) is 290 Å². The molecule has 0 aromatic rings. The van der Waals surface area contributed by atoms with E-state index in [2.05, 4.69) is 99.8 Å². The van der Waals surface area contributed by atoms with Crippen LogP contribution in [0, 0.1) is 0 Å². The van der Waals surface area contributed by atoms with Crippen LogP contribution < -0.4 is 0 Å². The van der Waals surface area contributed by atoms with Crippen LogP contribution in [0.25, 0.3) is 0 Å². The van der Waals surface area contributed by atoms with Crippen LogP contribution in [0.15, 0.2) is 85.1 Å². The highest BCUT2D eigenvalue weighted by Crippen LogP contribution is 2.16. The average molecular weight is 990 g/mol. The monoisotopic (exact) mass is 989 g/mol. The summed E-state index contributed by atoms with van der Waals surface area (Å²) in [6.45, 7) is 6.54. The summed E-state index contributed by atoms with van der Waals surface area (Å²) in [5.41, 5.74) is 0. The number of carbonyl (C=O) groups excluding carboxylic acids is 3. The van der Waals surface area contributed by atoms with Gasteiger partial charge < -0.3 is 14.2 Å². The first-order chi connectivity index (χ1) is 35.0. The van der Waals surface area contributed by atoms with Gasteiger partial charge in [-0.15, -0.1) is 0 Å². The Morgan fingerprint density at radius 2 is 0.535 bits per heavy atom. The topological polar surface area (TPSA) is 78.9 Å². The molecule has 0 N–H and O–H groups in total. The molecule has 71 heavy (non-hydrogen) atoms. The number of unbranched alkanes of at least 4 members (excludes halogenated alkanes) is 29. The van der Waals surface area contributed by atoms with Gasteiger partial charge >= 0.3 is 17.9 Å². The second kappa shape index (κ2) is 59.2. The third kappa shape index (κ3) is 57.4. The van der Waals surface area contributed by atoms with Crippen molar-refractivity contribution in [1.82, 2.24) is 0 Å². The van der Waals surface area contributed by atoms with Gasteiger partial charge in [0.25, 0.3) is 0 Å². The summed E-state index contributed by atoms with van der Waals surface area (Å²) in [6.07, 6.45) is 77.3. The maximum absolute atomic E-state index is 12.8. The lowest BCUT2D eigenvalue weighted by atomic mass is 10.0. The van der Waals surface area contributed by atoms with Gasteiger partial charge in [-0.3, -0.25) is 14.4 Å². The van der Waals surface area contributed by atoms with Crippen LogP contribution >= 0.6 is 0 Å². The van der Waals surface area contributed by atoms with E-state index in [0.29, 0.717) is 19.3 Å². The van der Waals surface area contributed by atoms with Crippen LogP contribution in [-0.2, 0) is 28.6 Å². The molecule has 0 heterocycles. The summed E-state index contributed by atoms with van der Waals surface area (Å²) in [7, 11) is 0. The van der Waals surface area contributed by atoms with E-state index in [4.69, 9.17) is 14.2 Å². The lowest BCUT2D eigenvalue weighted by Gasteiger charge is -2.18. The first-order valence-corrected chi connectivity index (χ1v) is 30.1. The number of ether oxygens (including phenoxy) is 3. The Hall–Kier alpha value is -3.41. The van der Waals surface area contributed by atoms with Crippen molar-refractivity contribution in [2.24, 2.45) is 0 Å². The number of carbonyl (C=O) groups is 3. The molecular weight excluding hydrogens is 877 g/mol. The molecule has 1 atom stereocenters. The highest BCUT2D eigenvalue weighted by atomic mass is 16.6. The minimum Gasteiger partial charge on any atom is -0.462 e. The van der Waals surface area contributed by atoms with E-state index >= 15 is 0 Å². The summed E-state index contributed by atoms with van der Waals surface area (Å²) in [4.78, 5) is 38.2. The quantitative estimate of drug-likeness (QED) is 0.0261. The normalized spacial score (nSPS) is 12.7. The summed E-state index contributed by atoms with van der Waals surface area (Å²) in [5.74, 6) is -0.997. The van der Waals surface area contributed by atoms with Crippen LogP contribution in [0.2, 0.25) is 0 Å². The molecule has 0 amide bonds. The number of esters is 3. The molecule has 0 saturated carbocycles. The van der Waals surface area contributed by atoms with Gasteiger partial charge in [0.2, 0.25) is 0 Å². The van der Waals surface area contributed by atoms with Crippen molar-refractivity contribution < 1.29 is 28.6 Å². The van der Waals surface area contributed by atoms with E-state index in [1.807, 2.05) is 6.08 Å². The van der Waals surface area contributed by atoms with Gasteiger partial charge in [-0.1, -0.05) is 266 Å². The molecule has 6 nitrogen and oxygen atoms in total. The van der Waals surface area contributed by atoms with E-state index in [1.54, 1.807) is 0 Å². The number of hydrogen-bond acceptors (Lipinski definition) is 6. The van der Waals surface area contributed by atoms with Crippen LogP contribution in [0.3, 0.4) is 0 Å². The van der Waals surface area contributed by atoms with Gasteiger partial charge in [-0.25, -0.2) is 0 Å². The zero-order valence-corrected chi connectivity index (χ0v) is 46.7. The largest absolute Gasteiger partial charge is 0.462 e. The minimum absolute atomic E-state index is 0.109. The van der Waals surface area contributed by atoms with Gasteiger partial charge in [0.1, 0.15) is 13.2 Å². The Balaban J connectivity index is 4.48. The lowest BCUT2D eigenvalue weighted by Crippen LogP contribution is -2.30. The van der Waals surface area contributed by atoms with Gasteiger partial charge in [-0.05, 0) is 89.9 Å². The summed E-state index contributed by atoms with van der Waals surface area (Å²) in [5, 5.41) is 0. The second-order valence-corrected chi connectivity index (χ2v) is 19.9. The van der Waals surface area contributed by atoms with Crippen molar-refractivity contribution in [3.63, 3.8) is 0 Å². The lowest BCUT2D eigenvalue weighted by molar-refractivity contribution is -0.166. The molecule has 6 heteroatoms. The Morgan fingerprint density at radius 1 is 0.282 bits per heavy atom. The molecule has 0 fully saturated rings. The van der Waals surface area contributed by atoms with Gasteiger partial charge in [-0.2, -0.15) is 0 Å². The van der Waals surface area contributed by atoms with E-state index < -0.39 is 12.1 Å². The maximum Gasteiger partial charge on any atom is 0.306 e. The molecule has 0 radical (unpaired) electrons. The molecule has 0 aliphatic rings. The molecule has 0 aliphatic heterocycles. The van der Waals surface area contributed by atoms with Crippen molar-refractivity contribution in [2.75, 3.05) is 13.2 Å². The fourth-order valence-electron chi connectivity index (χ4n) is 8.34. The van der Waals surface area contributed by atoms with Crippen LogP contribution in [0.5, 0.6) is 0 Å². The third-order valence-electron chi connectivity index (χ3n) is 12.9. The zero-order valence-electron chi connectivity index (χ0n) is 46.7. The first kappa shape index (κ1) is 67.6. The second-order valence-electron chi connectivity index (χ2n) is 19.9. The summed E-state index contributed by atoms with van der Waals surface area (Å²) >= 11 is 0. The molecule has 0 bridgehead atoms. The standard InChI is InChI=1S/C65H112O6/c1-4-7-10-13-16-19-22-25-28-30-32-34-37-40-43-46-49-52-55-58-64(67)70-61-62(60-69-63(66)57-54-51-48-45-42-39-36-27-24-21-18-15-12-9-6-3)71-65(68)59-56-53-50-47-44-41-38-35-33-31-29-26-23-20-17-14-11-8-5-2/h17-18,20-21,26-27,29,33,35-36,41,44,50,53,62H,4-16,19,22-25,28,30-32,34,37-40,42-43,45-49,51-52,54-61H2,1-3H3/b20-17-,21-18-,29-26-,35-33-,36-27-,44-41-,53-50-/t62-/m1/s1. The molecule has 0 rings (SSSR count). The van der Waals surface area contributed by atoms with E-state index in [9.17, 15) is 14.4 Å². The summed E-state index contributed by atoms with van der Waals surface area (Å²) in [6, 6.07) is 0. The fraction of sp³-hybridized carbons (Fsp3) is 0.738. The van der Waals surface area contributed by atoms with E-state index in [1.165, 1.54) is 154 Å². The van der Waals surface area contributed by atoms with Crippen molar-refractivity contribution >= 4 is 17.9 Å². The highest BCUT2D eigenvalue weighted by molar-refractivity contribution is 5.71. The number of rotatable bonds is 54. The predicted molar refractivity (Wildman–Crippen MR) is 307 cm³/mol. The maximum atomic E-state index is 12.8. The highest BCUT2D eigenvalue weighted by Gasteiger charge is 2.19. The number of hydrogen-bond donors (Lipinski definition) is 0. The van der Waals surface area contributed by atoms with E-state index in [0.717, 1.165) is 89.9 Å². The van der Waals surface area contributed by atoms with Gasteiger partial charge in [0.05, 0.1) is 0 Å². The third-order valence-corrected chi connectivity index (χ3v) is 12.9. The van der Waals surface area contributed by atoms with Crippen LogP contribution in [0.4, 0.5) is 0 Å². The molecule has 0 aliphatic carbocycles. The Bertz CT molecular complexity index is 1370. The SMILES string of the molecule is CCCCC/C=C\C/C=C\C/C=C\C/C=C\C/C=C\CCC(=O)O[C@H](COC(=O)CCCCCCC/C=C\C/C=C\CCCCC)COC(=O)CCCCCCCCCCCCCCCCCCCCC. The molecule has 408 valence electrons. The first-order valence-electron chi connectivity index (χ1n) is 30.1. The Morgan fingerprint density at radius 3 is 0.873 bits per heavy atom. The number of allylic oxidation sites excluding steroid dienone is 14. The molecule has 0 saturated heterocycles. The van der Waals surface area contributed by atoms with Crippen molar-refractivity contribution in [3.8, 4) is 0 Å². The molecule has 0 spiro atoms. The van der Waals surface area contributed by atoms with Gasteiger partial charge in [0.15, 0.2) is 6.10 Å². The van der Waals surface area contributed by atoms with Gasteiger partial charge in [0, 0.05) is 19.3 Å². The molecule has 0 aromatic heterocycles.